The lowest BCUT2D eigenvalue weighted by Gasteiger charge is -1.97. The maximum Gasteiger partial charge on any atom is 0.0469 e. The standard InChI is InChI=1S/C4H10NO/c1-4(2-5)3-6/h4-6H,2-3H2,1H3/t4-/m1/s1. The highest BCUT2D eigenvalue weighted by Gasteiger charge is 1.91. The van der Waals surface area contributed by atoms with Crippen molar-refractivity contribution in [3.8, 4) is 0 Å². The van der Waals surface area contributed by atoms with E-state index in [-0.39, 0.29) is 12.5 Å². The van der Waals surface area contributed by atoms with Crippen molar-refractivity contribution in [1.29, 1.82) is 0 Å². The lowest BCUT2D eigenvalue weighted by atomic mass is 10.2. The van der Waals surface area contributed by atoms with Crippen molar-refractivity contribution in [1.82, 2.24) is 5.73 Å². The van der Waals surface area contributed by atoms with E-state index in [0.717, 1.165) is 0 Å². The third-order valence-corrected chi connectivity index (χ3v) is 0.660. The molecule has 0 amide bonds. The zero-order valence-corrected chi connectivity index (χ0v) is 3.94. The first-order valence-corrected chi connectivity index (χ1v) is 2.06. The molecule has 1 atom stereocenters. The van der Waals surface area contributed by atoms with Gasteiger partial charge in [0.1, 0.15) is 0 Å². The summed E-state index contributed by atoms with van der Waals surface area (Å²) < 4.78 is 0. The second-order valence-electron chi connectivity index (χ2n) is 1.49. The van der Waals surface area contributed by atoms with Gasteiger partial charge in [0, 0.05) is 13.2 Å². The van der Waals surface area contributed by atoms with E-state index in [1.54, 1.807) is 0 Å². The predicted octanol–water partition coefficient (Wildman–Crippen LogP) is -0.102. The van der Waals surface area contributed by atoms with Crippen LogP contribution in [-0.4, -0.2) is 18.3 Å². The number of hydrogen-bond acceptors (Lipinski definition) is 1. The van der Waals surface area contributed by atoms with Crippen LogP contribution in [0.15, 0.2) is 0 Å². The molecular formula is C4H10NO. The zero-order chi connectivity index (χ0) is 4.99. The van der Waals surface area contributed by atoms with E-state index >= 15 is 0 Å². The van der Waals surface area contributed by atoms with E-state index in [1.165, 1.54) is 0 Å². The van der Waals surface area contributed by atoms with Crippen LogP contribution < -0.4 is 5.73 Å². The Morgan fingerprint density at radius 1 is 1.83 bits per heavy atom. The lowest BCUT2D eigenvalue weighted by Crippen LogP contribution is -2.05. The molecular weight excluding hydrogens is 78.0 g/mol. The molecule has 0 spiro atoms. The molecule has 0 fully saturated rings. The molecule has 37 valence electrons. The Kier molecular flexibility index (Phi) is 3.08. The number of hydrogen-bond donors (Lipinski definition) is 1. The van der Waals surface area contributed by atoms with Crippen LogP contribution in [0.1, 0.15) is 6.92 Å². The average molecular weight is 88.1 g/mol. The number of aliphatic hydroxyl groups is 1. The van der Waals surface area contributed by atoms with E-state index in [1.807, 2.05) is 6.92 Å². The third-order valence-electron chi connectivity index (χ3n) is 0.660. The molecule has 0 heterocycles. The van der Waals surface area contributed by atoms with Gasteiger partial charge < -0.3 is 5.11 Å². The highest BCUT2D eigenvalue weighted by Crippen LogP contribution is 1.84. The van der Waals surface area contributed by atoms with Gasteiger partial charge in [-0.2, -0.15) is 0 Å². The molecule has 2 heteroatoms. The second kappa shape index (κ2) is 3.12. The zero-order valence-electron chi connectivity index (χ0n) is 3.94. The summed E-state index contributed by atoms with van der Waals surface area (Å²) in [6.07, 6.45) is 0. The van der Waals surface area contributed by atoms with E-state index in [2.05, 4.69) is 0 Å². The Balaban J connectivity index is 2.75. The molecule has 0 saturated carbocycles. The molecule has 0 aromatic rings. The highest BCUT2D eigenvalue weighted by molar-refractivity contribution is 4.45. The van der Waals surface area contributed by atoms with Gasteiger partial charge >= 0.3 is 0 Å². The Morgan fingerprint density at radius 3 is 2.33 bits per heavy atom. The molecule has 0 aromatic heterocycles. The van der Waals surface area contributed by atoms with Crippen LogP contribution in [0.4, 0.5) is 0 Å². The maximum atomic E-state index is 8.21. The van der Waals surface area contributed by atoms with Crippen LogP contribution in [0.5, 0.6) is 0 Å². The van der Waals surface area contributed by atoms with Gasteiger partial charge in [-0.25, -0.2) is 0 Å². The van der Waals surface area contributed by atoms with Gasteiger partial charge in [-0.15, -0.1) is 0 Å². The van der Waals surface area contributed by atoms with Crippen molar-refractivity contribution in [2.75, 3.05) is 13.2 Å². The van der Waals surface area contributed by atoms with Gasteiger partial charge in [-0.05, 0) is 5.92 Å². The molecule has 0 aliphatic rings. The van der Waals surface area contributed by atoms with Crippen LogP contribution in [0.25, 0.3) is 0 Å². The van der Waals surface area contributed by atoms with E-state index in [4.69, 9.17) is 10.8 Å². The number of rotatable bonds is 2. The Labute approximate surface area is 38.0 Å². The summed E-state index contributed by atoms with van der Waals surface area (Å²) in [5, 5.41) is 8.21. The number of nitrogens with one attached hydrogen (secondary N) is 1. The Bertz CT molecular complexity index is 26.7. The molecule has 2 N–H and O–H groups in total. The van der Waals surface area contributed by atoms with Crippen molar-refractivity contribution < 1.29 is 5.11 Å². The van der Waals surface area contributed by atoms with Crippen LogP contribution in [0, 0.1) is 5.92 Å². The fourth-order valence-electron chi connectivity index (χ4n) is 0.0645. The summed E-state index contributed by atoms with van der Waals surface area (Å²) in [4.78, 5) is 0. The first-order chi connectivity index (χ1) is 2.81. The monoisotopic (exact) mass is 88.1 g/mol. The quantitative estimate of drug-likeness (QED) is 0.503. The van der Waals surface area contributed by atoms with Crippen molar-refractivity contribution >= 4 is 0 Å². The summed E-state index contributed by atoms with van der Waals surface area (Å²) in [5.74, 6) is 0.157. The van der Waals surface area contributed by atoms with Gasteiger partial charge in [0.05, 0.1) is 0 Å². The third kappa shape index (κ3) is 2.18. The van der Waals surface area contributed by atoms with Gasteiger partial charge in [0.2, 0.25) is 0 Å². The SMILES string of the molecule is C[C@H](C[NH])CO. The Morgan fingerprint density at radius 2 is 2.33 bits per heavy atom. The fraction of sp³-hybridized carbons (Fsp3) is 1.00. The molecule has 6 heavy (non-hydrogen) atoms. The molecule has 0 aliphatic heterocycles. The molecule has 0 rings (SSSR count). The predicted molar refractivity (Wildman–Crippen MR) is 24.2 cm³/mol. The van der Waals surface area contributed by atoms with Crippen molar-refractivity contribution in [2.45, 2.75) is 6.92 Å². The van der Waals surface area contributed by atoms with Gasteiger partial charge in [-0.3, -0.25) is 5.73 Å². The van der Waals surface area contributed by atoms with Gasteiger partial charge in [-0.1, -0.05) is 6.92 Å². The fourth-order valence-corrected chi connectivity index (χ4v) is 0.0645. The molecule has 0 aromatic carbocycles. The van der Waals surface area contributed by atoms with E-state index < -0.39 is 0 Å². The summed E-state index contributed by atoms with van der Waals surface area (Å²) >= 11 is 0. The number of aliphatic hydroxyl groups excluding tert-OH is 1. The Hall–Kier alpha value is -0.0800. The molecule has 0 saturated heterocycles. The molecule has 0 bridgehead atoms. The second-order valence-corrected chi connectivity index (χ2v) is 1.49. The smallest absolute Gasteiger partial charge is 0.0469 e. The molecule has 0 aliphatic carbocycles. The summed E-state index contributed by atoms with van der Waals surface area (Å²) in [7, 11) is 0. The largest absolute Gasteiger partial charge is 0.396 e. The average Bonchev–Trinajstić information content (AvgIpc) is 1.65. The van der Waals surface area contributed by atoms with Crippen molar-refractivity contribution in [3.63, 3.8) is 0 Å². The summed E-state index contributed by atoms with van der Waals surface area (Å²) in [5.41, 5.74) is 6.65. The summed E-state index contributed by atoms with van der Waals surface area (Å²) in [6, 6.07) is 0. The molecule has 0 unspecified atom stereocenters. The van der Waals surface area contributed by atoms with E-state index in [9.17, 15) is 0 Å². The first-order valence-electron chi connectivity index (χ1n) is 2.06. The van der Waals surface area contributed by atoms with Crippen LogP contribution in [-0.2, 0) is 0 Å². The van der Waals surface area contributed by atoms with E-state index in [0.29, 0.717) is 6.54 Å². The van der Waals surface area contributed by atoms with Crippen LogP contribution in [0.2, 0.25) is 0 Å². The minimum atomic E-state index is 0.142. The van der Waals surface area contributed by atoms with Crippen LogP contribution in [0.3, 0.4) is 0 Å². The van der Waals surface area contributed by atoms with Crippen LogP contribution >= 0.6 is 0 Å². The minimum absolute atomic E-state index is 0.142. The van der Waals surface area contributed by atoms with Crippen molar-refractivity contribution in [3.05, 3.63) is 0 Å². The van der Waals surface area contributed by atoms with Gasteiger partial charge in [0.25, 0.3) is 0 Å². The van der Waals surface area contributed by atoms with Crippen molar-refractivity contribution in [2.24, 2.45) is 5.92 Å². The first kappa shape index (κ1) is 5.92. The molecule has 1 radical (unpaired) electrons. The van der Waals surface area contributed by atoms with Gasteiger partial charge in [0.15, 0.2) is 0 Å². The lowest BCUT2D eigenvalue weighted by molar-refractivity contribution is 0.240. The maximum absolute atomic E-state index is 8.21. The topological polar surface area (TPSA) is 44.0 Å². The summed E-state index contributed by atoms with van der Waals surface area (Å²) in [6.45, 7) is 2.31. The highest BCUT2D eigenvalue weighted by atomic mass is 16.3. The minimum Gasteiger partial charge on any atom is -0.396 e. The normalized spacial score (nSPS) is 14.5. The molecule has 2 nitrogen and oxygen atoms in total.